The molecular weight excluding hydrogens is 420 g/mol. The molecule has 4 nitrogen and oxygen atoms in total. The number of rotatable bonds is 11. The van der Waals surface area contributed by atoms with E-state index < -0.39 is 6.10 Å². The summed E-state index contributed by atoms with van der Waals surface area (Å²) in [5, 5.41) is 10.4. The summed E-state index contributed by atoms with van der Waals surface area (Å²) in [5.41, 5.74) is 2.80. The lowest BCUT2D eigenvalue weighted by atomic mass is 9.83. The molecule has 1 aromatic heterocycles. The molecule has 0 saturated carbocycles. The zero-order valence-electron chi connectivity index (χ0n) is 19.3. The van der Waals surface area contributed by atoms with E-state index in [-0.39, 0.29) is 23.6 Å². The molecule has 1 unspecified atom stereocenters. The van der Waals surface area contributed by atoms with Crippen LogP contribution in [0.15, 0.2) is 48.0 Å². The Bertz CT molecular complexity index is 941. The smallest absolute Gasteiger partial charge is 0.348 e. The summed E-state index contributed by atoms with van der Waals surface area (Å²) in [7, 11) is 1.40. The second-order valence-corrected chi connectivity index (χ2v) is 9.85. The number of allylic oxidation sites excluding steroid dienone is 2. The van der Waals surface area contributed by atoms with Crippen LogP contribution in [0.5, 0.6) is 0 Å². The molecule has 5 heteroatoms. The highest BCUT2D eigenvalue weighted by atomic mass is 32.1. The third kappa shape index (κ3) is 5.96. The Morgan fingerprint density at radius 1 is 1.12 bits per heavy atom. The van der Waals surface area contributed by atoms with Gasteiger partial charge in [-0.05, 0) is 67.4 Å². The van der Waals surface area contributed by atoms with E-state index in [0.717, 1.165) is 66.5 Å². The highest BCUT2D eigenvalue weighted by Crippen LogP contribution is 2.39. The molecule has 1 aliphatic carbocycles. The Labute approximate surface area is 195 Å². The number of carbonyl (C=O) groups excluding carboxylic acids is 2. The first-order valence-corrected chi connectivity index (χ1v) is 12.4. The lowest BCUT2D eigenvalue weighted by Crippen LogP contribution is -2.15. The zero-order chi connectivity index (χ0) is 23.1. The minimum atomic E-state index is -0.439. The van der Waals surface area contributed by atoms with E-state index in [1.165, 1.54) is 18.4 Å². The van der Waals surface area contributed by atoms with Gasteiger partial charge in [0, 0.05) is 4.88 Å². The number of hydrogen-bond donors (Lipinski definition) is 1. The predicted molar refractivity (Wildman–Crippen MR) is 129 cm³/mol. The number of aliphatic hydroxyl groups excluding tert-OH is 1. The molecule has 0 radical (unpaired) electrons. The summed E-state index contributed by atoms with van der Waals surface area (Å²) in [4.78, 5) is 26.3. The standard InChI is InChI=1S/C27H34O4S/c1-4-5-6-10-23(28)19-11-13-20(14-12-19)25-21(17-18(2)26(25)29)8-7-9-22-15-16-24(32-22)27(30)31-3/h11-17,21,23,25,28H,4-10H2,1-3H3/t21-,23?,25+/m0/s1. The van der Waals surface area contributed by atoms with Crippen molar-refractivity contribution in [3.05, 3.63) is 68.9 Å². The minimum absolute atomic E-state index is 0.143. The van der Waals surface area contributed by atoms with Gasteiger partial charge in [-0.15, -0.1) is 11.3 Å². The van der Waals surface area contributed by atoms with E-state index in [9.17, 15) is 14.7 Å². The summed E-state index contributed by atoms with van der Waals surface area (Å²) >= 11 is 1.48. The molecule has 1 N–H and O–H groups in total. The number of thiophene rings is 1. The number of aliphatic hydroxyl groups is 1. The quantitative estimate of drug-likeness (QED) is 0.315. The fraction of sp³-hybridized carbons (Fsp3) is 0.481. The van der Waals surface area contributed by atoms with Gasteiger partial charge in [-0.1, -0.05) is 56.5 Å². The Morgan fingerprint density at radius 2 is 1.88 bits per heavy atom. The monoisotopic (exact) mass is 454 g/mol. The maximum atomic E-state index is 12.9. The normalized spacial score (nSPS) is 19.1. The number of unbranched alkanes of at least 4 members (excludes halogenated alkanes) is 2. The number of methoxy groups -OCH3 is 1. The van der Waals surface area contributed by atoms with Crippen molar-refractivity contribution in [2.24, 2.45) is 5.92 Å². The second kappa shape index (κ2) is 11.6. The van der Waals surface area contributed by atoms with Crippen LogP contribution in [0, 0.1) is 5.92 Å². The molecule has 0 amide bonds. The van der Waals surface area contributed by atoms with Crippen LogP contribution in [0.1, 0.15) is 90.1 Å². The van der Waals surface area contributed by atoms with Crippen molar-refractivity contribution in [2.75, 3.05) is 7.11 Å². The molecule has 3 atom stereocenters. The molecular formula is C27H34O4S. The average Bonchev–Trinajstić information content (AvgIpc) is 3.38. The first-order valence-electron chi connectivity index (χ1n) is 11.6. The van der Waals surface area contributed by atoms with E-state index in [1.54, 1.807) is 0 Å². The Kier molecular flexibility index (Phi) is 8.83. The Hall–Kier alpha value is -2.24. The van der Waals surface area contributed by atoms with Crippen LogP contribution in [0.3, 0.4) is 0 Å². The number of carbonyl (C=O) groups is 2. The topological polar surface area (TPSA) is 63.6 Å². The summed E-state index contributed by atoms with van der Waals surface area (Å²) in [6.45, 7) is 4.06. The van der Waals surface area contributed by atoms with Crippen molar-refractivity contribution in [1.29, 1.82) is 0 Å². The maximum absolute atomic E-state index is 12.9. The van der Waals surface area contributed by atoms with Gasteiger partial charge in [0.1, 0.15) is 4.88 Å². The number of hydrogen-bond acceptors (Lipinski definition) is 5. The van der Waals surface area contributed by atoms with Crippen LogP contribution < -0.4 is 0 Å². The van der Waals surface area contributed by atoms with Crippen LogP contribution >= 0.6 is 11.3 Å². The molecule has 3 rings (SSSR count). The fourth-order valence-electron chi connectivity index (χ4n) is 4.50. The molecule has 32 heavy (non-hydrogen) atoms. The molecule has 1 heterocycles. The molecule has 0 spiro atoms. The molecule has 0 fully saturated rings. The van der Waals surface area contributed by atoms with Crippen LogP contribution in [0.2, 0.25) is 0 Å². The molecule has 0 saturated heterocycles. The van der Waals surface area contributed by atoms with Crippen molar-refractivity contribution in [3.8, 4) is 0 Å². The van der Waals surface area contributed by atoms with E-state index in [4.69, 9.17) is 4.74 Å². The molecule has 0 bridgehead atoms. The largest absolute Gasteiger partial charge is 0.465 e. The highest BCUT2D eigenvalue weighted by Gasteiger charge is 2.34. The van der Waals surface area contributed by atoms with Gasteiger partial charge in [0.15, 0.2) is 5.78 Å². The van der Waals surface area contributed by atoms with Crippen LogP contribution in [-0.4, -0.2) is 24.0 Å². The average molecular weight is 455 g/mol. The third-order valence-electron chi connectivity index (χ3n) is 6.33. The second-order valence-electron chi connectivity index (χ2n) is 8.68. The van der Waals surface area contributed by atoms with Gasteiger partial charge in [0.25, 0.3) is 0 Å². The summed E-state index contributed by atoms with van der Waals surface area (Å²) in [6.07, 6.45) is 8.51. The van der Waals surface area contributed by atoms with E-state index in [0.29, 0.717) is 4.88 Å². The summed E-state index contributed by atoms with van der Waals surface area (Å²) in [5.74, 6) is -0.0475. The van der Waals surface area contributed by atoms with Crippen molar-refractivity contribution < 1.29 is 19.4 Å². The van der Waals surface area contributed by atoms with E-state index in [1.807, 2.05) is 43.3 Å². The lowest BCUT2D eigenvalue weighted by Gasteiger charge is -2.19. The Balaban J connectivity index is 1.61. The van der Waals surface area contributed by atoms with Gasteiger partial charge in [-0.3, -0.25) is 4.79 Å². The van der Waals surface area contributed by atoms with Crippen LogP contribution in [0.25, 0.3) is 0 Å². The first kappa shape index (κ1) is 24.4. The number of ether oxygens (including phenoxy) is 1. The highest BCUT2D eigenvalue weighted by molar-refractivity contribution is 7.13. The van der Waals surface area contributed by atoms with Gasteiger partial charge < -0.3 is 9.84 Å². The number of ketones is 1. The van der Waals surface area contributed by atoms with Crippen molar-refractivity contribution in [3.63, 3.8) is 0 Å². The molecule has 1 aromatic carbocycles. The number of Topliss-reactive ketones (excluding diaryl/α,β-unsaturated/α-hetero) is 1. The SMILES string of the molecule is CCCCCC(O)c1ccc([C@H]2C(=O)C(C)=C[C@@H]2CCCc2ccc(C(=O)OC)s2)cc1. The summed E-state index contributed by atoms with van der Waals surface area (Å²) < 4.78 is 4.78. The van der Waals surface area contributed by atoms with Gasteiger partial charge in [-0.2, -0.15) is 0 Å². The maximum Gasteiger partial charge on any atom is 0.348 e. The van der Waals surface area contributed by atoms with Crippen LogP contribution in [0.4, 0.5) is 0 Å². The van der Waals surface area contributed by atoms with E-state index in [2.05, 4.69) is 13.0 Å². The van der Waals surface area contributed by atoms with Gasteiger partial charge in [0.2, 0.25) is 0 Å². The Morgan fingerprint density at radius 3 is 2.56 bits per heavy atom. The molecule has 0 aliphatic heterocycles. The predicted octanol–water partition coefficient (Wildman–Crippen LogP) is 6.40. The third-order valence-corrected chi connectivity index (χ3v) is 7.46. The van der Waals surface area contributed by atoms with Crippen molar-refractivity contribution in [1.82, 2.24) is 0 Å². The van der Waals surface area contributed by atoms with E-state index >= 15 is 0 Å². The van der Waals surface area contributed by atoms with Gasteiger partial charge in [-0.25, -0.2) is 4.79 Å². The molecule has 172 valence electrons. The first-order chi connectivity index (χ1) is 15.4. The van der Waals surface area contributed by atoms with Gasteiger partial charge >= 0.3 is 5.97 Å². The fourth-order valence-corrected chi connectivity index (χ4v) is 5.47. The van der Waals surface area contributed by atoms with Gasteiger partial charge in [0.05, 0.1) is 19.1 Å². The van der Waals surface area contributed by atoms with Crippen molar-refractivity contribution in [2.45, 2.75) is 70.8 Å². The molecule has 2 aromatic rings. The minimum Gasteiger partial charge on any atom is -0.465 e. The van der Waals surface area contributed by atoms with Crippen LogP contribution in [-0.2, 0) is 16.0 Å². The summed E-state index contributed by atoms with van der Waals surface area (Å²) in [6, 6.07) is 11.8. The van der Waals surface area contributed by atoms with Crippen molar-refractivity contribution >= 4 is 23.1 Å². The number of benzene rings is 1. The zero-order valence-corrected chi connectivity index (χ0v) is 20.1. The number of aryl methyl sites for hydroxylation is 1. The lowest BCUT2D eigenvalue weighted by molar-refractivity contribution is -0.116. The number of esters is 1. The molecule has 1 aliphatic rings.